The summed E-state index contributed by atoms with van der Waals surface area (Å²) >= 11 is 5.97. The fourth-order valence-corrected chi connectivity index (χ4v) is 3.10. The SMILES string of the molecule is CC(c1ccc(Cl)cc1)n1cncc1C1CCNCC1. The molecule has 0 aliphatic carbocycles. The van der Waals surface area contributed by atoms with Crippen LogP contribution in [-0.4, -0.2) is 22.6 Å². The lowest BCUT2D eigenvalue weighted by Crippen LogP contribution is -2.28. The van der Waals surface area contributed by atoms with Crippen LogP contribution < -0.4 is 5.32 Å². The average molecular weight is 290 g/mol. The van der Waals surface area contributed by atoms with Crippen LogP contribution in [0.15, 0.2) is 36.8 Å². The number of benzene rings is 1. The van der Waals surface area contributed by atoms with Gasteiger partial charge in [-0.3, -0.25) is 0 Å². The topological polar surface area (TPSA) is 29.9 Å². The molecule has 1 saturated heterocycles. The van der Waals surface area contributed by atoms with Crippen LogP contribution in [0.1, 0.15) is 43.0 Å². The second kappa shape index (κ2) is 5.98. The molecule has 0 amide bonds. The average Bonchev–Trinajstić information content (AvgIpc) is 2.97. The smallest absolute Gasteiger partial charge is 0.0953 e. The fourth-order valence-electron chi connectivity index (χ4n) is 2.97. The molecule has 2 heterocycles. The number of imidazole rings is 1. The van der Waals surface area contributed by atoms with E-state index in [9.17, 15) is 0 Å². The summed E-state index contributed by atoms with van der Waals surface area (Å²) in [4.78, 5) is 4.38. The molecule has 1 atom stereocenters. The molecule has 106 valence electrons. The summed E-state index contributed by atoms with van der Waals surface area (Å²) in [5, 5.41) is 4.20. The van der Waals surface area contributed by atoms with Gasteiger partial charge in [0.2, 0.25) is 0 Å². The largest absolute Gasteiger partial charge is 0.327 e. The van der Waals surface area contributed by atoms with Crippen LogP contribution in [-0.2, 0) is 0 Å². The number of nitrogens with zero attached hydrogens (tertiary/aromatic N) is 2. The van der Waals surface area contributed by atoms with Crippen molar-refractivity contribution >= 4 is 11.6 Å². The van der Waals surface area contributed by atoms with Crippen LogP contribution in [0, 0.1) is 0 Å². The van der Waals surface area contributed by atoms with E-state index in [0.29, 0.717) is 12.0 Å². The molecule has 1 aromatic heterocycles. The Morgan fingerprint density at radius 1 is 1.25 bits per heavy atom. The summed E-state index contributed by atoms with van der Waals surface area (Å²) in [6.07, 6.45) is 6.37. The van der Waals surface area contributed by atoms with Crippen molar-refractivity contribution in [2.24, 2.45) is 0 Å². The number of rotatable bonds is 3. The number of hydrogen-bond donors (Lipinski definition) is 1. The van der Waals surface area contributed by atoms with Crippen molar-refractivity contribution < 1.29 is 0 Å². The summed E-state index contributed by atoms with van der Waals surface area (Å²) in [5.41, 5.74) is 2.62. The molecule has 0 spiro atoms. The van der Waals surface area contributed by atoms with Crippen LogP contribution in [0.25, 0.3) is 0 Å². The van der Waals surface area contributed by atoms with E-state index in [1.54, 1.807) is 0 Å². The minimum absolute atomic E-state index is 0.291. The van der Waals surface area contributed by atoms with Gasteiger partial charge in [0.25, 0.3) is 0 Å². The molecule has 1 fully saturated rings. The van der Waals surface area contributed by atoms with Gasteiger partial charge < -0.3 is 9.88 Å². The molecule has 3 nitrogen and oxygen atoms in total. The molecule has 4 heteroatoms. The van der Waals surface area contributed by atoms with Gasteiger partial charge in [-0.05, 0) is 50.6 Å². The minimum Gasteiger partial charge on any atom is -0.327 e. The third-order valence-electron chi connectivity index (χ3n) is 4.22. The van der Waals surface area contributed by atoms with Crippen LogP contribution in [0.3, 0.4) is 0 Å². The summed E-state index contributed by atoms with van der Waals surface area (Å²) in [6, 6.07) is 8.39. The van der Waals surface area contributed by atoms with Crippen molar-refractivity contribution in [3.63, 3.8) is 0 Å². The lowest BCUT2D eigenvalue weighted by atomic mass is 9.94. The monoisotopic (exact) mass is 289 g/mol. The van der Waals surface area contributed by atoms with E-state index < -0.39 is 0 Å². The lowest BCUT2D eigenvalue weighted by Gasteiger charge is -2.26. The summed E-state index contributed by atoms with van der Waals surface area (Å²) in [6.45, 7) is 4.42. The van der Waals surface area contributed by atoms with Gasteiger partial charge in [-0.1, -0.05) is 23.7 Å². The Morgan fingerprint density at radius 2 is 1.95 bits per heavy atom. The van der Waals surface area contributed by atoms with Gasteiger partial charge in [-0.2, -0.15) is 0 Å². The standard InChI is InChI=1S/C16H20ClN3/c1-12(13-2-4-15(17)5-3-13)20-11-19-10-16(20)14-6-8-18-9-7-14/h2-5,10-12,14,18H,6-9H2,1H3. The fraction of sp³-hybridized carbons (Fsp3) is 0.438. The first kappa shape index (κ1) is 13.7. The molecule has 1 aliphatic rings. The number of nitrogens with one attached hydrogen (secondary N) is 1. The van der Waals surface area contributed by atoms with Gasteiger partial charge in [-0.25, -0.2) is 4.98 Å². The molecular formula is C16H20ClN3. The summed E-state index contributed by atoms with van der Waals surface area (Å²) in [5.74, 6) is 0.619. The second-order valence-corrected chi connectivity index (χ2v) is 5.91. The third kappa shape index (κ3) is 2.74. The van der Waals surface area contributed by atoms with E-state index in [1.165, 1.54) is 24.1 Å². The third-order valence-corrected chi connectivity index (χ3v) is 4.48. The number of halogens is 1. The van der Waals surface area contributed by atoms with Crippen molar-refractivity contribution in [1.82, 2.24) is 14.9 Å². The van der Waals surface area contributed by atoms with Gasteiger partial charge in [0.05, 0.1) is 12.4 Å². The zero-order valence-electron chi connectivity index (χ0n) is 11.7. The van der Waals surface area contributed by atoms with Crippen LogP contribution in [0.4, 0.5) is 0 Å². The van der Waals surface area contributed by atoms with E-state index in [4.69, 9.17) is 11.6 Å². The molecule has 20 heavy (non-hydrogen) atoms. The Labute approximate surface area is 125 Å². The molecule has 0 bridgehead atoms. The highest BCUT2D eigenvalue weighted by Gasteiger charge is 2.21. The maximum Gasteiger partial charge on any atom is 0.0953 e. The quantitative estimate of drug-likeness (QED) is 0.935. The van der Waals surface area contributed by atoms with E-state index >= 15 is 0 Å². The zero-order chi connectivity index (χ0) is 13.9. The van der Waals surface area contributed by atoms with Crippen molar-refractivity contribution in [2.75, 3.05) is 13.1 Å². The van der Waals surface area contributed by atoms with Crippen LogP contribution in [0.2, 0.25) is 5.02 Å². The highest BCUT2D eigenvalue weighted by atomic mass is 35.5. The number of aromatic nitrogens is 2. The number of hydrogen-bond acceptors (Lipinski definition) is 2. The Morgan fingerprint density at radius 3 is 2.65 bits per heavy atom. The Bertz CT molecular complexity index is 555. The van der Waals surface area contributed by atoms with Crippen LogP contribution in [0.5, 0.6) is 0 Å². The van der Waals surface area contributed by atoms with Gasteiger partial charge in [0.15, 0.2) is 0 Å². The highest BCUT2D eigenvalue weighted by Crippen LogP contribution is 2.29. The van der Waals surface area contributed by atoms with E-state index in [2.05, 4.69) is 33.9 Å². The number of piperidine rings is 1. The maximum atomic E-state index is 5.97. The van der Waals surface area contributed by atoms with Gasteiger partial charge in [-0.15, -0.1) is 0 Å². The Hall–Kier alpha value is -1.32. The van der Waals surface area contributed by atoms with E-state index in [0.717, 1.165) is 18.1 Å². The van der Waals surface area contributed by atoms with Gasteiger partial charge in [0.1, 0.15) is 0 Å². The molecule has 2 aromatic rings. The summed E-state index contributed by atoms with van der Waals surface area (Å²) in [7, 11) is 0. The predicted octanol–water partition coefficient (Wildman–Crippen LogP) is 3.61. The molecule has 1 aromatic carbocycles. The first-order chi connectivity index (χ1) is 9.75. The van der Waals surface area contributed by atoms with Gasteiger partial charge >= 0.3 is 0 Å². The molecule has 0 radical (unpaired) electrons. The van der Waals surface area contributed by atoms with Crippen molar-refractivity contribution in [1.29, 1.82) is 0 Å². The maximum absolute atomic E-state index is 5.97. The molecule has 1 N–H and O–H groups in total. The zero-order valence-corrected chi connectivity index (χ0v) is 12.5. The molecule has 3 rings (SSSR count). The molecular weight excluding hydrogens is 270 g/mol. The normalized spacial score (nSPS) is 18.1. The van der Waals surface area contributed by atoms with E-state index in [-0.39, 0.29) is 0 Å². The molecule has 1 aliphatic heterocycles. The first-order valence-electron chi connectivity index (χ1n) is 7.23. The summed E-state index contributed by atoms with van der Waals surface area (Å²) < 4.78 is 2.30. The van der Waals surface area contributed by atoms with Gasteiger partial charge in [0, 0.05) is 22.8 Å². The van der Waals surface area contributed by atoms with Crippen molar-refractivity contribution in [2.45, 2.75) is 31.7 Å². The predicted molar refractivity (Wildman–Crippen MR) is 82.3 cm³/mol. The van der Waals surface area contributed by atoms with E-state index in [1.807, 2.05) is 24.7 Å². The Kier molecular flexibility index (Phi) is 4.08. The minimum atomic E-state index is 0.291. The first-order valence-corrected chi connectivity index (χ1v) is 7.61. The molecule has 0 saturated carbocycles. The highest BCUT2D eigenvalue weighted by molar-refractivity contribution is 6.30. The second-order valence-electron chi connectivity index (χ2n) is 5.48. The Balaban J connectivity index is 1.86. The van der Waals surface area contributed by atoms with Crippen LogP contribution >= 0.6 is 11.6 Å². The lowest BCUT2D eigenvalue weighted by molar-refractivity contribution is 0.433. The molecule has 1 unspecified atom stereocenters. The van der Waals surface area contributed by atoms with Crippen molar-refractivity contribution in [3.05, 3.63) is 53.1 Å². The van der Waals surface area contributed by atoms with Crippen molar-refractivity contribution in [3.8, 4) is 0 Å².